The number of ketones is 1. The second-order valence-electron chi connectivity index (χ2n) is 3.09. The van der Waals surface area contributed by atoms with Gasteiger partial charge in [0.1, 0.15) is 5.78 Å². The lowest BCUT2D eigenvalue weighted by Crippen LogP contribution is -2.26. The monoisotopic (exact) mass is 234 g/mol. The highest BCUT2D eigenvalue weighted by molar-refractivity contribution is 5.75. The molecule has 0 amide bonds. The molecule has 0 unspecified atom stereocenters. The minimum Gasteiger partial charge on any atom is -0.298 e. The third kappa shape index (κ3) is 3.83. The van der Waals surface area contributed by atoms with Crippen molar-refractivity contribution in [1.82, 2.24) is 9.55 Å². The summed E-state index contributed by atoms with van der Waals surface area (Å²) in [6, 6.07) is 0. The maximum Gasteiger partial charge on any atom is 0.261 e. The first-order valence-electron chi connectivity index (χ1n) is 5.44. The van der Waals surface area contributed by atoms with E-state index in [4.69, 9.17) is 0 Å². The van der Waals surface area contributed by atoms with Gasteiger partial charge < -0.3 is 0 Å². The van der Waals surface area contributed by atoms with Crippen LogP contribution in [0.25, 0.3) is 12.2 Å². The van der Waals surface area contributed by atoms with Crippen LogP contribution >= 0.6 is 0 Å². The van der Waals surface area contributed by atoms with E-state index < -0.39 is 0 Å². The van der Waals surface area contributed by atoms with Gasteiger partial charge in [0.15, 0.2) is 0 Å². The van der Waals surface area contributed by atoms with Crippen molar-refractivity contribution in [1.29, 1.82) is 0 Å². The topological polar surface area (TPSA) is 52.0 Å². The van der Waals surface area contributed by atoms with Gasteiger partial charge in [0.25, 0.3) is 5.56 Å². The second kappa shape index (κ2) is 7.33. The van der Waals surface area contributed by atoms with Gasteiger partial charge >= 0.3 is 0 Å². The smallest absolute Gasteiger partial charge is 0.261 e. The third-order valence-corrected chi connectivity index (χ3v) is 1.89. The van der Waals surface area contributed by atoms with Crippen LogP contribution in [0.2, 0.25) is 0 Å². The van der Waals surface area contributed by atoms with E-state index in [1.54, 1.807) is 0 Å². The predicted octanol–water partition coefficient (Wildman–Crippen LogP) is 2.14. The highest BCUT2D eigenvalue weighted by Crippen LogP contribution is 2.02. The summed E-state index contributed by atoms with van der Waals surface area (Å²) < 4.78 is 1.26. The number of aromatic nitrogens is 2. The highest BCUT2D eigenvalue weighted by atomic mass is 16.1. The van der Waals surface area contributed by atoms with Crippen LogP contribution in [0.4, 0.5) is 0 Å². The predicted molar refractivity (Wildman–Crippen MR) is 70.7 cm³/mol. The summed E-state index contributed by atoms with van der Waals surface area (Å²) in [5, 5.41) is 0. The molecule has 0 radical (unpaired) electrons. The standard InChI is InChI=1S/C11H12N2O2.C2H6/c1-4-9-10(5-2)12-7-13(11(9)15)6-8(3)14;1-2/h4-5,7H,1-2,6H2,3H3;1-2H3. The molecule has 1 heterocycles. The quantitative estimate of drug-likeness (QED) is 0.802. The molecule has 0 fully saturated rings. The van der Waals surface area contributed by atoms with Crippen LogP contribution in [0.15, 0.2) is 24.3 Å². The molecular formula is C13H18N2O2. The van der Waals surface area contributed by atoms with Gasteiger partial charge in [-0.1, -0.05) is 33.1 Å². The Morgan fingerprint density at radius 2 is 2.00 bits per heavy atom. The van der Waals surface area contributed by atoms with Crippen molar-refractivity contribution >= 4 is 17.9 Å². The average Bonchev–Trinajstić information content (AvgIpc) is 2.33. The molecular weight excluding hydrogens is 216 g/mol. The van der Waals surface area contributed by atoms with Crippen LogP contribution in [0.5, 0.6) is 0 Å². The summed E-state index contributed by atoms with van der Waals surface area (Å²) >= 11 is 0. The van der Waals surface area contributed by atoms with Gasteiger partial charge in [0, 0.05) is 0 Å². The second-order valence-corrected chi connectivity index (χ2v) is 3.09. The molecule has 1 rings (SSSR count). The molecule has 1 aromatic rings. The lowest BCUT2D eigenvalue weighted by Gasteiger charge is -2.05. The van der Waals surface area contributed by atoms with Crippen molar-refractivity contribution in [3.63, 3.8) is 0 Å². The first-order valence-corrected chi connectivity index (χ1v) is 5.44. The van der Waals surface area contributed by atoms with Crippen molar-refractivity contribution in [2.45, 2.75) is 27.3 Å². The Kier molecular flexibility index (Phi) is 6.48. The molecule has 0 saturated carbocycles. The molecule has 0 saturated heterocycles. The van der Waals surface area contributed by atoms with E-state index in [9.17, 15) is 9.59 Å². The number of hydrogen-bond acceptors (Lipinski definition) is 3. The van der Waals surface area contributed by atoms with E-state index in [1.807, 2.05) is 13.8 Å². The van der Waals surface area contributed by atoms with E-state index in [2.05, 4.69) is 18.1 Å². The van der Waals surface area contributed by atoms with Crippen LogP contribution < -0.4 is 5.56 Å². The summed E-state index contributed by atoms with van der Waals surface area (Å²) in [7, 11) is 0. The average molecular weight is 234 g/mol. The Hall–Kier alpha value is -1.97. The maximum absolute atomic E-state index is 11.8. The van der Waals surface area contributed by atoms with E-state index in [1.165, 1.54) is 30.0 Å². The van der Waals surface area contributed by atoms with Gasteiger partial charge in [-0.25, -0.2) is 4.98 Å². The fourth-order valence-electron chi connectivity index (χ4n) is 1.23. The van der Waals surface area contributed by atoms with E-state index in [-0.39, 0.29) is 17.9 Å². The minimum absolute atomic E-state index is 0.0318. The van der Waals surface area contributed by atoms with E-state index in [0.717, 1.165) is 0 Å². The number of carbonyl (C=O) groups excluding carboxylic acids is 1. The summed E-state index contributed by atoms with van der Waals surface area (Å²) in [6.07, 6.45) is 4.24. The molecule has 1 aromatic heterocycles. The molecule has 0 aliphatic rings. The molecule has 0 N–H and O–H groups in total. The fraction of sp³-hybridized carbons (Fsp3) is 0.308. The van der Waals surface area contributed by atoms with Gasteiger partial charge in [-0.3, -0.25) is 14.2 Å². The summed E-state index contributed by atoms with van der Waals surface area (Å²) in [6.45, 7) is 12.5. The van der Waals surface area contributed by atoms with Crippen molar-refractivity contribution in [3.05, 3.63) is 41.1 Å². The normalized spacial score (nSPS) is 8.88. The molecule has 0 aliphatic heterocycles. The van der Waals surface area contributed by atoms with Crippen molar-refractivity contribution in [3.8, 4) is 0 Å². The van der Waals surface area contributed by atoms with Crippen molar-refractivity contribution < 1.29 is 4.79 Å². The van der Waals surface area contributed by atoms with Crippen LogP contribution in [0.1, 0.15) is 32.0 Å². The molecule has 4 nitrogen and oxygen atoms in total. The highest BCUT2D eigenvalue weighted by Gasteiger charge is 2.07. The number of hydrogen-bond donors (Lipinski definition) is 0. The SMILES string of the molecule is C=Cc1ncn(CC(C)=O)c(=O)c1C=C.CC. The maximum atomic E-state index is 11.8. The lowest BCUT2D eigenvalue weighted by molar-refractivity contribution is -0.117. The Morgan fingerprint density at radius 3 is 2.41 bits per heavy atom. The fourth-order valence-corrected chi connectivity index (χ4v) is 1.23. The zero-order chi connectivity index (χ0) is 13.4. The summed E-state index contributed by atoms with van der Waals surface area (Å²) in [5.74, 6) is -0.0970. The van der Waals surface area contributed by atoms with Gasteiger partial charge in [0.05, 0.1) is 24.1 Å². The first-order chi connectivity index (χ1) is 8.10. The number of nitrogens with zero attached hydrogens (tertiary/aromatic N) is 2. The van der Waals surface area contributed by atoms with E-state index >= 15 is 0 Å². The van der Waals surface area contributed by atoms with Crippen LogP contribution in [-0.2, 0) is 11.3 Å². The first kappa shape index (κ1) is 15.0. The number of Topliss-reactive ketones (excluding diaryl/α,β-unsaturated/α-hetero) is 1. The molecule has 17 heavy (non-hydrogen) atoms. The van der Waals surface area contributed by atoms with Gasteiger partial charge in [-0.15, -0.1) is 0 Å². The molecule has 4 heteroatoms. The van der Waals surface area contributed by atoms with E-state index in [0.29, 0.717) is 11.3 Å². The Bertz CT molecular complexity index is 473. The van der Waals surface area contributed by atoms with Crippen molar-refractivity contribution in [2.75, 3.05) is 0 Å². The zero-order valence-electron chi connectivity index (χ0n) is 10.6. The Labute approximate surface area is 101 Å². The summed E-state index contributed by atoms with van der Waals surface area (Å²) in [5.41, 5.74) is 0.577. The number of carbonyl (C=O) groups is 1. The largest absolute Gasteiger partial charge is 0.298 e. The Morgan fingerprint density at radius 1 is 1.41 bits per heavy atom. The molecule has 0 atom stereocenters. The van der Waals surface area contributed by atoms with Gasteiger partial charge in [-0.2, -0.15) is 0 Å². The molecule has 92 valence electrons. The lowest BCUT2D eigenvalue weighted by atomic mass is 10.2. The summed E-state index contributed by atoms with van der Waals surface area (Å²) in [4.78, 5) is 26.7. The third-order valence-electron chi connectivity index (χ3n) is 1.89. The van der Waals surface area contributed by atoms with Crippen LogP contribution in [0, 0.1) is 0 Å². The van der Waals surface area contributed by atoms with Crippen LogP contribution in [0.3, 0.4) is 0 Å². The number of rotatable bonds is 4. The van der Waals surface area contributed by atoms with Crippen LogP contribution in [-0.4, -0.2) is 15.3 Å². The molecule has 0 aliphatic carbocycles. The van der Waals surface area contributed by atoms with Gasteiger partial charge in [0.2, 0.25) is 0 Å². The molecule has 0 spiro atoms. The van der Waals surface area contributed by atoms with Gasteiger partial charge in [-0.05, 0) is 13.0 Å². The van der Waals surface area contributed by atoms with Crippen molar-refractivity contribution in [2.24, 2.45) is 0 Å². The molecule has 0 bridgehead atoms. The minimum atomic E-state index is -0.273. The molecule has 0 aromatic carbocycles. The zero-order valence-corrected chi connectivity index (χ0v) is 10.6. The Balaban J connectivity index is 0.00000121.